The minimum Gasteiger partial charge on any atom is -0.322 e. The number of hydrogen-bond acceptors (Lipinski definition) is 5. The summed E-state index contributed by atoms with van der Waals surface area (Å²) in [7, 11) is 0. The molecule has 22 heavy (non-hydrogen) atoms. The van der Waals surface area contributed by atoms with E-state index in [0.717, 1.165) is 37.3 Å². The van der Waals surface area contributed by atoms with Crippen molar-refractivity contribution in [3.05, 3.63) is 12.3 Å². The zero-order valence-electron chi connectivity index (χ0n) is 13.1. The zero-order chi connectivity index (χ0) is 16.1. The van der Waals surface area contributed by atoms with Crippen molar-refractivity contribution in [1.29, 1.82) is 0 Å². The molecule has 0 radical (unpaired) electrons. The summed E-state index contributed by atoms with van der Waals surface area (Å²) in [5.41, 5.74) is 3.39. The Labute approximate surface area is 130 Å². The highest BCUT2D eigenvalue weighted by Gasteiger charge is 2.42. The molecule has 2 fully saturated rings. The maximum atomic E-state index is 12.5. The Bertz CT molecular complexity index is 471. The van der Waals surface area contributed by atoms with E-state index in [4.69, 9.17) is 0 Å². The molecule has 2 heterocycles. The van der Waals surface area contributed by atoms with Crippen LogP contribution in [0.4, 0.5) is 4.79 Å². The van der Waals surface area contributed by atoms with Crippen LogP contribution in [0.3, 0.4) is 0 Å². The predicted octanol–water partition coefficient (Wildman–Crippen LogP) is 0.985. The number of rotatable bonds is 6. The second-order valence-electron chi connectivity index (χ2n) is 5.76. The average molecular weight is 308 g/mol. The van der Waals surface area contributed by atoms with Crippen LogP contribution in [0.25, 0.3) is 0 Å². The van der Waals surface area contributed by atoms with Crippen LogP contribution in [0, 0.1) is 5.92 Å². The number of imide groups is 2. The van der Waals surface area contributed by atoms with Crippen molar-refractivity contribution in [1.82, 2.24) is 20.7 Å². The molecule has 0 aromatic carbocycles. The average Bonchev–Trinajstić information content (AvgIpc) is 2.47. The minimum absolute atomic E-state index is 0.321. The number of hydrogen-bond donors (Lipinski definition) is 2. The van der Waals surface area contributed by atoms with Gasteiger partial charge in [-0.3, -0.25) is 19.8 Å². The van der Waals surface area contributed by atoms with E-state index < -0.39 is 23.8 Å². The fraction of sp³-hybridized carbons (Fsp3) is 0.667. The monoisotopic (exact) mass is 308 g/mol. The van der Waals surface area contributed by atoms with Gasteiger partial charge in [0.1, 0.15) is 0 Å². The summed E-state index contributed by atoms with van der Waals surface area (Å²) in [5, 5.41) is 4.22. The van der Waals surface area contributed by atoms with Crippen LogP contribution in [-0.4, -0.2) is 47.4 Å². The van der Waals surface area contributed by atoms with Crippen LogP contribution in [-0.2, 0) is 9.59 Å². The number of nitrogens with zero attached hydrogens (tertiary/aromatic N) is 2. The van der Waals surface area contributed by atoms with E-state index in [1.54, 1.807) is 0 Å². The number of amides is 4. The van der Waals surface area contributed by atoms with E-state index in [1.165, 1.54) is 6.42 Å². The third-order valence-corrected chi connectivity index (χ3v) is 3.99. The molecular weight excluding hydrogens is 284 g/mol. The Hall–Kier alpha value is -1.89. The third-order valence-electron chi connectivity index (χ3n) is 3.99. The third kappa shape index (κ3) is 3.65. The molecule has 122 valence electrons. The molecule has 2 saturated heterocycles. The summed E-state index contributed by atoms with van der Waals surface area (Å²) in [6.07, 6.45) is 4.92. The number of unbranched alkanes of at least 4 members (excludes halogenated alkanes) is 1. The number of nitrogens with one attached hydrogen (secondary N) is 2. The van der Waals surface area contributed by atoms with Gasteiger partial charge in [-0.15, -0.1) is 0 Å². The number of piperidine rings is 1. The van der Waals surface area contributed by atoms with Crippen LogP contribution in [0.2, 0.25) is 0 Å². The Morgan fingerprint density at radius 1 is 1.27 bits per heavy atom. The highest BCUT2D eigenvalue weighted by atomic mass is 16.2. The molecule has 2 aliphatic heterocycles. The van der Waals surface area contributed by atoms with Gasteiger partial charge in [0.25, 0.3) is 0 Å². The van der Waals surface area contributed by atoms with Crippen molar-refractivity contribution in [2.75, 3.05) is 19.6 Å². The second kappa shape index (κ2) is 7.40. The lowest BCUT2D eigenvalue weighted by Gasteiger charge is -2.34. The van der Waals surface area contributed by atoms with Gasteiger partial charge in [-0.05, 0) is 19.3 Å². The molecule has 1 atom stereocenters. The fourth-order valence-electron chi connectivity index (χ4n) is 2.72. The largest absolute Gasteiger partial charge is 0.330 e. The molecule has 0 spiro atoms. The minimum atomic E-state index is -1.04. The summed E-state index contributed by atoms with van der Waals surface area (Å²) in [4.78, 5) is 37.4. The number of carbonyl (C=O) groups excluding carboxylic acids is 3. The van der Waals surface area contributed by atoms with Crippen LogP contribution in [0.5, 0.6) is 0 Å². The molecular formula is C15H24N4O3. The van der Waals surface area contributed by atoms with E-state index >= 15 is 0 Å². The highest BCUT2D eigenvalue weighted by molar-refractivity contribution is 6.17. The summed E-state index contributed by atoms with van der Waals surface area (Å²) in [6.45, 7) is 7.86. The van der Waals surface area contributed by atoms with E-state index in [9.17, 15) is 14.4 Å². The molecule has 2 N–H and O–H groups in total. The Kier molecular flexibility index (Phi) is 5.54. The van der Waals surface area contributed by atoms with Crippen molar-refractivity contribution >= 4 is 17.8 Å². The summed E-state index contributed by atoms with van der Waals surface area (Å²) in [6, 6.07) is -0.634. The number of barbiturate groups is 1. The first kappa shape index (κ1) is 16.5. The normalized spacial score (nSPS) is 23.4. The van der Waals surface area contributed by atoms with Gasteiger partial charge in [0, 0.05) is 25.3 Å². The first-order valence-electron chi connectivity index (χ1n) is 7.91. The molecule has 0 aromatic heterocycles. The maximum Gasteiger partial charge on any atom is 0.330 e. The van der Waals surface area contributed by atoms with E-state index in [-0.39, 0.29) is 0 Å². The summed E-state index contributed by atoms with van der Waals surface area (Å²) >= 11 is 0. The standard InChI is InChI=1S/C15H24N4O3/c1-3-4-10-19-14(21)12(13(20)16-15(19)22)11(2)17-18-8-6-5-7-9-18/h12,17H,2-10H2,1H3,(H,16,20,22)/t12-/m1/s1. The molecule has 4 amide bonds. The molecule has 0 bridgehead atoms. The molecule has 2 aliphatic rings. The molecule has 0 aliphatic carbocycles. The molecule has 2 rings (SSSR count). The highest BCUT2D eigenvalue weighted by Crippen LogP contribution is 2.18. The smallest absolute Gasteiger partial charge is 0.322 e. The molecule has 0 unspecified atom stereocenters. The van der Waals surface area contributed by atoms with Gasteiger partial charge in [0.15, 0.2) is 5.92 Å². The summed E-state index contributed by atoms with van der Waals surface area (Å²) < 4.78 is 0. The van der Waals surface area contributed by atoms with Crippen LogP contribution in [0.1, 0.15) is 39.0 Å². The number of urea groups is 1. The SMILES string of the molecule is C=C(NN1CCCCC1)[C@@H]1C(=O)NC(=O)N(CCCC)C1=O. The van der Waals surface area contributed by atoms with Crippen molar-refractivity contribution in [3.8, 4) is 0 Å². The Balaban J connectivity index is 2.03. The lowest BCUT2D eigenvalue weighted by Crippen LogP contribution is -2.60. The van der Waals surface area contributed by atoms with Gasteiger partial charge >= 0.3 is 6.03 Å². The van der Waals surface area contributed by atoms with Crippen molar-refractivity contribution in [3.63, 3.8) is 0 Å². The first-order valence-corrected chi connectivity index (χ1v) is 7.91. The molecule has 0 aromatic rings. The second-order valence-corrected chi connectivity index (χ2v) is 5.76. The van der Waals surface area contributed by atoms with E-state index in [1.807, 2.05) is 11.9 Å². The Morgan fingerprint density at radius 2 is 1.95 bits per heavy atom. The number of carbonyl (C=O) groups is 3. The van der Waals surface area contributed by atoms with Crippen LogP contribution >= 0.6 is 0 Å². The summed E-state index contributed by atoms with van der Waals surface area (Å²) in [5.74, 6) is -2.13. The topological polar surface area (TPSA) is 81.8 Å². The molecule has 0 saturated carbocycles. The van der Waals surface area contributed by atoms with Crippen molar-refractivity contribution in [2.45, 2.75) is 39.0 Å². The maximum absolute atomic E-state index is 12.5. The van der Waals surface area contributed by atoms with Gasteiger partial charge in [-0.25, -0.2) is 9.80 Å². The van der Waals surface area contributed by atoms with Gasteiger partial charge in [-0.2, -0.15) is 0 Å². The van der Waals surface area contributed by atoms with Crippen molar-refractivity contribution < 1.29 is 14.4 Å². The van der Waals surface area contributed by atoms with Gasteiger partial charge in [0.2, 0.25) is 11.8 Å². The molecule has 7 nitrogen and oxygen atoms in total. The van der Waals surface area contributed by atoms with E-state index in [0.29, 0.717) is 18.7 Å². The zero-order valence-corrected chi connectivity index (χ0v) is 13.1. The quantitative estimate of drug-likeness (QED) is 0.715. The van der Waals surface area contributed by atoms with Gasteiger partial charge in [-0.1, -0.05) is 26.3 Å². The van der Waals surface area contributed by atoms with E-state index in [2.05, 4.69) is 17.3 Å². The lowest BCUT2D eigenvalue weighted by molar-refractivity contribution is -0.141. The van der Waals surface area contributed by atoms with Gasteiger partial charge in [0.05, 0.1) is 0 Å². The Morgan fingerprint density at radius 3 is 2.59 bits per heavy atom. The fourth-order valence-corrected chi connectivity index (χ4v) is 2.72. The first-order chi connectivity index (χ1) is 10.5. The lowest BCUT2D eigenvalue weighted by atomic mass is 10.0. The van der Waals surface area contributed by atoms with Crippen molar-refractivity contribution in [2.24, 2.45) is 5.92 Å². The van der Waals surface area contributed by atoms with Gasteiger partial charge < -0.3 is 5.43 Å². The predicted molar refractivity (Wildman–Crippen MR) is 81.3 cm³/mol. The van der Waals surface area contributed by atoms with Crippen LogP contribution in [0.15, 0.2) is 12.3 Å². The number of hydrazine groups is 1. The van der Waals surface area contributed by atoms with Crippen LogP contribution < -0.4 is 10.7 Å². The molecule has 7 heteroatoms.